The minimum Gasteiger partial charge on any atom is -0.458 e. The topological polar surface area (TPSA) is 63.7 Å². The molecule has 1 aliphatic heterocycles. The number of aldehydes is 1. The predicted molar refractivity (Wildman–Crippen MR) is 61.6 cm³/mol. The average Bonchev–Trinajstić information content (AvgIpc) is 2.67. The lowest BCUT2D eigenvalue weighted by atomic mass is 10.1. The summed E-state index contributed by atoms with van der Waals surface area (Å²) in [5.41, 5.74) is -0.886. The van der Waals surface area contributed by atoms with Crippen molar-refractivity contribution in [3.63, 3.8) is 0 Å². The number of ether oxygens (including phenoxy) is 1. The Morgan fingerprint density at radius 2 is 1.75 bits per heavy atom. The first-order chi connectivity index (χ1) is 8.97. The minimum atomic E-state index is -5.13. The molecule has 0 saturated carbocycles. The highest BCUT2D eigenvalue weighted by Gasteiger charge is 2.52. The summed E-state index contributed by atoms with van der Waals surface area (Å²) in [5.74, 6) is -3.12. The number of likely N-dealkylation sites (tertiary alicyclic amines) is 1. The third-order valence-corrected chi connectivity index (χ3v) is 2.74. The number of carbonyl (C=O) groups excluding carboxylic acids is 3. The first kappa shape index (κ1) is 16.5. The molecule has 0 aromatic rings. The number of halogens is 3. The molecule has 0 unspecified atom stereocenters. The van der Waals surface area contributed by atoms with Gasteiger partial charge in [0.1, 0.15) is 17.9 Å². The summed E-state index contributed by atoms with van der Waals surface area (Å²) in [6, 6.07) is -2.62. The molecule has 8 heteroatoms. The molecule has 0 spiro atoms. The van der Waals surface area contributed by atoms with Crippen LogP contribution in [-0.4, -0.2) is 46.9 Å². The minimum absolute atomic E-state index is 0.00916. The van der Waals surface area contributed by atoms with E-state index in [1.807, 2.05) is 0 Å². The highest BCUT2D eigenvalue weighted by atomic mass is 19.4. The van der Waals surface area contributed by atoms with Crippen molar-refractivity contribution in [1.29, 1.82) is 0 Å². The molecule has 0 N–H and O–H groups in total. The summed E-state index contributed by atoms with van der Waals surface area (Å²) in [5, 5.41) is 0. The molecule has 1 saturated heterocycles. The standard InChI is InChI=1S/C12H16F3NO4/c1-11(2,3)20-9(18)8-5-4-7(6-17)16(8)10(19)12(13,14)15/h6-8H,4-5H2,1-3H3/t7-,8+/m1/s1. The number of amides is 1. The van der Waals surface area contributed by atoms with Crippen molar-refractivity contribution < 1.29 is 32.3 Å². The fraction of sp³-hybridized carbons (Fsp3) is 0.750. The van der Waals surface area contributed by atoms with Crippen molar-refractivity contribution in [2.45, 2.75) is 57.5 Å². The van der Waals surface area contributed by atoms with Gasteiger partial charge < -0.3 is 14.4 Å². The summed E-state index contributed by atoms with van der Waals surface area (Å²) in [6.07, 6.45) is -4.91. The molecular formula is C12H16F3NO4. The van der Waals surface area contributed by atoms with Crippen LogP contribution in [0.1, 0.15) is 33.6 Å². The van der Waals surface area contributed by atoms with Crippen molar-refractivity contribution in [3.8, 4) is 0 Å². The van der Waals surface area contributed by atoms with Crippen LogP contribution >= 0.6 is 0 Å². The highest BCUT2D eigenvalue weighted by molar-refractivity contribution is 5.90. The van der Waals surface area contributed by atoms with Crippen LogP contribution in [0.5, 0.6) is 0 Å². The van der Waals surface area contributed by atoms with Gasteiger partial charge >= 0.3 is 18.1 Å². The van der Waals surface area contributed by atoms with E-state index in [4.69, 9.17) is 4.74 Å². The van der Waals surface area contributed by atoms with E-state index in [0.29, 0.717) is 0 Å². The first-order valence-electron chi connectivity index (χ1n) is 6.05. The molecule has 1 rings (SSSR count). The Morgan fingerprint density at radius 3 is 2.15 bits per heavy atom. The van der Waals surface area contributed by atoms with Crippen molar-refractivity contribution >= 4 is 18.2 Å². The fourth-order valence-corrected chi connectivity index (χ4v) is 2.01. The van der Waals surface area contributed by atoms with Gasteiger partial charge in [0.05, 0.1) is 6.04 Å². The maximum absolute atomic E-state index is 12.5. The summed E-state index contributed by atoms with van der Waals surface area (Å²) in [4.78, 5) is 34.3. The van der Waals surface area contributed by atoms with Crippen LogP contribution in [0.4, 0.5) is 13.2 Å². The monoisotopic (exact) mass is 295 g/mol. The third kappa shape index (κ3) is 3.71. The van der Waals surface area contributed by atoms with Gasteiger partial charge in [-0.2, -0.15) is 13.2 Å². The second-order valence-corrected chi connectivity index (χ2v) is 5.54. The number of alkyl halides is 3. The molecule has 0 aromatic carbocycles. The van der Waals surface area contributed by atoms with Gasteiger partial charge in [0.15, 0.2) is 0 Å². The van der Waals surface area contributed by atoms with E-state index in [9.17, 15) is 27.6 Å². The van der Waals surface area contributed by atoms with E-state index < -0.39 is 35.7 Å². The number of nitrogens with zero attached hydrogens (tertiary/aromatic N) is 1. The summed E-state index contributed by atoms with van der Waals surface area (Å²) < 4.78 is 42.6. The van der Waals surface area contributed by atoms with Crippen LogP contribution in [0, 0.1) is 0 Å². The number of rotatable bonds is 2. The first-order valence-corrected chi connectivity index (χ1v) is 6.05. The zero-order chi connectivity index (χ0) is 15.7. The Morgan fingerprint density at radius 1 is 1.20 bits per heavy atom. The SMILES string of the molecule is CC(C)(C)OC(=O)[C@@H]1CC[C@H](C=O)N1C(=O)C(F)(F)F. The largest absolute Gasteiger partial charge is 0.471 e. The van der Waals surface area contributed by atoms with E-state index in [-0.39, 0.29) is 24.0 Å². The highest BCUT2D eigenvalue weighted by Crippen LogP contribution is 2.30. The number of esters is 1. The van der Waals surface area contributed by atoms with Crippen molar-refractivity contribution in [2.75, 3.05) is 0 Å². The summed E-state index contributed by atoms with van der Waals surface area (Å²) >= 11 is 0. The third-order valence-electron chi connectivity index (χ3n) is 2.74. The van der Waals surface area contributed by atoms with Gasteiger partial charge in [-0.25, -0.2) is 4.79 Å². The van der Waals surface area contributed by atoms with Gasteiger partial charge in [-0.1, -0.05) is 0 Å². The zero-order valence-electron chi connectivity index (χ0n) is 11.4. The van der Waals surface area contributed by atoms with Crippen LogP contribution in [0.2, 0.25) is 0 Å². The van der Waals surface area contributed by atoms with Crippen LogP contribution in [0.3, 0.4) is 0 Å². The summed E-state index contributed by atoms with van der Waals surface area (Å²) in [6.45, 7) is 4.69. The van der Waals surface area contributed by atoms with Gasteiger partial charge in [0.25, 0.3) is 0 Å². The molecule has 1 fully saturated rings. The summed E-state index contributed by atoms with van der Waals surface area (Å²) in [7, 11) is 0. The maximum Gasteiger partial charge on any atom is 0.471 e. The lowest BCUT2D eigenvalue weighted by molar-refractivity contribution is -0.191. The Labute approximate surface area is 114 Å². The van der Waals surface area contributed by atoms with Crippen LogP contribution in [-0.2, 0) is 19.1 Å². The van der Waals surface area contributed by atoms with Crippen LogP contribution < -0.4 is 0 Å². The molecule has 2 atom stereocenters. The van der Waals surface area contributed by atoms with E-state index in [1.165, 1.54) is 0 Å². The van der Waals surface area contributed by atoms with Crippen molar-refractivity contribution in [3.05, 3.63) is 0 Å². The Bertz CT molecular complexity index is 414. The van der Waals surface area contributed by atoms with Gasteiger partial charge in [0.2, 0.25) is 0 Å². The number of hydrogen-bond acceptors (Lipinski definition) is 4. The molecule has 20 heavy (non-hydrogen) atoms. The molecule has 0 bridgehead atoms. The lowest BCUT2D eigenvalue weighted by Gasteiger charge is -2.29. The van der Waals surface area contributed by atoms with Crippen molar-refractivity contribution in [2.24, 2.45) is 0 Å². The molecule has 114 valence electrons. The predicted octanol–water partition coefficient (Wildman–Crippen LogP) is 1.45. The maximum atomic E-state index is 12.5. The molecule has 1 aliphatic rings. The van der Waals surface area contributed by atoms with Crippen LogP contribution in [0.25, 0.3) is 0 Å². The van der Waals surface area contributed by atoms with Gasteiger partial charge in [-0.15, -0.1) is 0 Å². The molecule has 5 nitrogen and oxygen atoms in total. The van der Waals surface area contributed by atoms with E-state index in [2.05, 4.69) is 0 Å². The Balaban J connectivity index is 2.98. The van der Waals surface area contributed by atoms with E-state index in [0.717, 1.165) is 0 Å². The molecule has 0 radical (unpaired) electrons. The second kappa shape index (κ2) is 5.41. The smallest absolute Gasteiger partial charge is 0.458 e. The number of carbonyl (C=O) groups is 3. The molecule has 1 heterocycles. The Kier molecular flexibility index (Phi) is 4.45. The molecule has 0 aliphatic carbocycles. The van der Waals surface area contributed by atoms with E-state index >= 15 is 0 Å². The Hall–Kier alpha value is -1.60. The van der Waals surface area contributed by atoms with Crippen LogP contribution in [0.15, 0.2) is 0 Å². The molecule has 0 aromatic heterocycles. The average molecular weight is 295 g/mol. The van der Waals surface area contributed by atoms with E-state index in [1.54, 1.807) is 20.8 Å². The van der Waals surface area contributed by atoms with Gasteiger partial charge in [-0.05, 0) is 33.6 Å². The quantitative estimate of drug-likeness (QED) is 0.571. The molecule has 1 amide bonds. The normalized spacial score (nSPS) is 23.6. The van der Waals surface area contributed by atoms with Crippen molar-refractivity contribution in [1.82, 2.24) is 4.90 Å². The van der Waals surface area contributed by atoms with Gasteiger partial charge in [-0.3, -0.25) is 4.79 Å². The number of hydrogen-bond donors (Lipinski definition) is 0. The lowest BCUT2D eigenvalue weighted by Crippen LogP contribution is -2.52. The second-order valence-electron chi connectivity index (χ2n) is 5.54. The fourth-order valence-electron chi connectivity index (χ4n) is 2.01. The van der Waals surface area contributed by atoms with Gasteiger partial charge in [0, 0.05) is 0 Å². The zero-order valence-corrected chi connectivity index (χ0v) is 11.4. The molecular weight excluding hydrogens is 279 g/mol.